The summed E-state index contributed by atoms with van der Waals surface area (Å²) in [5, 5.41) is 2.88. The molecule has 0 atom stereocenters. The molecule has 0 unspecified atom stereocenters. The van der Waals surface area contributed by atoms with Crippen molar-refractivity contribution in [2.45, 2.75) is 55.2 Å². The maximum absolute atomic E-state index is 12.1. The van der Waals surface area contributed by atoms with Crippen molar-refractivity contribution < 1.29 is 9.53 Å². The standard InChI is InChI=1S/C16H19Cl3N2O2/c1-15(2)7-6-10-12(21-14(22)23-8-16(17,18)19)9-4-3-5-11(9)20-13(10)15/h3-8H2,1-2H3,(H,20,21,22). The maximum Gasteiger partial charge on any atom is 0.411 e. The molecule has 126 valence electrons. The van der Waals surface area contributed by atoms with E-state index in [1.807, 2.05) is 0 Å². The summed E-state index contributed by atoms with van der Waals surface area (Å²) in [6.07, 6.45) is 4.28. The molecule has 7 heteroatoms. The fraction of sp³-hybridized carbons (Fsp3) is 0.625. The summed E-state index contributed by atoms with van der Waals surface area (Å²) in [6.45, 7) is 4.10. The lowest BCUT2D eigenvalue weighted by atomic mass is 9.90. The maximum atomic E-state index is 12.1. The number of hydrogen-bond donors (Lipinski definition) is 1. The minimum Gasteiger partial charge on any atom is -0.445 e. The molecule has 3 rings (SSSR count). The number of rotatable bonds is 2. The molecule has 1 heterocycles. The van der Waals surface area contributed by atoms with Gasteiger partial charge in [0.15, 0.2) is 0 Å². The molecule has 0 fully saturated rings. The van der Waals surface area contributed by atoms with Crippen LogP contribution in [0, 0.1) is 0 Å². The molecule has 0 aromatic carbocycles. The predicted octanol–water partition coefficient (Wildman–Crippen LogP) is 4.71. The second kappa shape index (κ2) is 5.98. The number of alkyl halides is 3. The molecule has 1 amide bonds. The number of aryl methyl sites for hydroxylation is 1. The number of nitrogens with zero attached hydrogens (tertiary/aromatic N) is 1. The Kier molecular flexibility index (Phi) is 4.45. The number of aromatic nitrogens is 1. The minimum absolute atomic E-state index is 0.0326. The summed E-state index contributed by atoms with van der Waals surface area (Å²) in [5.74, 6) is 0. The topological polar surface area (TPSA) is 51.2 Å². The van der Waals surface area contributed by atoms with Crippen LogP contribution in [-0.4, -0.2) is 21.5 Å². The third kappa shape index (κ3) is 3.54. The predicted molar refractivity (Wildman–Crippen MR) is 92.9 cm³/mol. The van der Waals surface area contributed by atoms with Crippen LogP contribution in [-0.2, 0) is 29.4 Å². The highest BCUT2D eigenvalue weighted by atomic mass is 35.6. The normalized spacial score (nSPS) is 18.5. The molecular formula is C16H19Cl3N2O2. The molecule has 1 aromatic heterocycles. The van der Waals surface area contributed by atoms with Gasteiger partial charge in [-0.25, -0.2) is 4.79 Å². The first-order valence-corrected chi connectivity index (χ1v) is 8.86. The summed E-state index contributed by atoms with van der Waals surface area (Å²) in [6, 6.07) is 0. The van der Waals surface area contributed by atoms with Crippen molar-refractivity contribution in [1.82, 2.24) is 4.98 Å². The fourth-order valence-electron chi connectivity index (χ4n) is 3.42. The van der Waals surface area contributed by atoms with E-state index in [9.17, 15) is 4.79 Å². The van der Waals surface area contributed by atoms with E-state index in [4.69, 9.17) is 44.5 Å². The van der Waals surface area contributed by atoms with E-state index in [1.165, 1.54) is 0 Å². The smallest absolute Gasteiger partial charge is 0.411 e. The zero-order valence-electron chi connectivity index (χ0n) is 13.1. The molecule has 2 aliphatic rings. The zero-order chi connectivity index (χ0) is 16.8. The molecule has 2 aliphatic carbocycles. The first-order chi connectivity index (χ1) is 10.7. The summed E-state index contributed by atoms with van der Waals surface area (Å²) >= 11 is 16.9. The third-order valence-electron chi connectivity index (χ3n) is 4.56. The van der Waals surface area contributed by atoms with Gasteiger partial charge < -0.3 is 4.74 Å². The zero-order valence-corrected chi connectivity index (χ0v) is 15.4. The van der Waals surface area contributed by atoms with Crippen molar-refractivity contribution in [1.29, 1.82) is 0 Å². The Morgan fingerprint density at radius 3 is 2.70 bits per heavy atom. The van der Waals surface area contributed by atoms with Crippen LogP contribution in [0.4, 0.5) is 10.5 Å². The molecular weight excluding hydrogens is 359 g/mol. The minimum atomic E-state index is -1.61. The van der Waals surface area contributed by atoms with Crippen LogP contribution in [0.5, 0.6) is 0 Å². The average Bonchev–Trinajstić information content (AvgIpc) is 3.01. The van der Waals surface area contributed by atoms with Crippen molar-refractivity contribution in [3.63, 3.8) is 0 Å². The van der Waals surface area contributed by atoms with Crippen LogP contribution < -0.4 is 5.32 Å². The number of carbonyl (C=O) groups is 1. The van der Waals surface area contributed by atoms with Gasteiger partial charge in [-0.1, -0.05) is 48.7 Å². The van der Waals surface area contributed by atoms with E-state index < -0.39 is 9.89 Å². The SMILES string of the molecule is CC1(C)CCc2c1nc1c(c2NC(=O)OCC(Cl)(Cl)Cl)CCC1. The van der Waals surface area contributed by atoms with Gasteiger partial charge in [0.1, 0.15) is 6.61 Å². The van der Waals surface area contributed by atoms with Crippen LogP contribution in [0.3, 0.4) is 0 Å². The molecule has 0 saturated carbocycles. The third-order valence-corrected chi connectivity index (χ3v) is 4.89. The van der Waals surface area contributed by atoms with Gasteiger partial charge in [0.25, 0.3) is 0 Å². The van der Waals surface area contributed by atoms with E-state index in [0.29, 0.717) is 0 Å². The highest BCUT2D eigenvalue weighted by Crippen LogP contribution is 2.44. The van der Waals surface area contributed by atoms with Crippen LogP contribution >= 0.6 is 34.8 Å². The Hall–Kier alpha value is -0.710. The van der Waals surface area contributed by atoms with Crippen molar-refractivity contribution in [3.05, 3.63) is 22.5 Å². The van der Waals surface area contributed by atoms with E-state index >= 15 is 0 Å². The number of nitrogens with one attached hydrogen (secondary N) is 1. The van der Waals surface area contributed by atoms with Gasteiger partial charge in [0, 0.05) is 11.1 Å². The number of ether oxygens (including phenoxy) is 1. The van der Waals surface area contributed by atoms with Crippen LogP contribution in [0.25, 0.3) is 0 Å². The summed E-state index contributed by atoms with van der Waals surface area (Å²) in [4.78, 5) is 17.0. The van der Waals surface area contributed by atoms with Gasteiger partial charge in [0.05, 0.1) is 11.4 Å². The molecule has 4 nitrogen and oxygen atoms in total. The van der Waals surface area contributed by atoms with E-state index in [-0.39, 0.29) is 12.0 Å². The molecule has 0 spiro atoms. The van der Waals surface area contributed by atoms with Crippen LogP contribution in [0.1, 0.15) is 49.2 Å². The van der Waals surface area contributed by atoms with Gasteiger partial charge >= 0.3 is 6.09 Å². The van der Waals surface area contributed by atoms with Crippen molar-refractivity contribution in [3.8, 4) is 0 Å². The lowest BCUT2D eigenvalue weighted by molar-refractivity contribution is 0.164. The molecule has 23 heavy (non-hydrogen) atoms. The Balaban J connectivity index is 1.89. The van der Waals surface area contributed by atoms with E-state index in [2.05, 4.69) is 19.2 Å². The second-order valence-electron chi connectivity index (χ2n) is 6.79. The first-order valence-electron chi connectivity index (χ1n) is 7.73. The average molecular weight is 378 g/mol. The van der Waals surface area contributed by atoms with Gasteiger partial charge in [-0.05, 0) is 43.2 Å². The number of amides is 1. The molecule has 0 aliphatic heterocycles. The molecule has 0 radical (unpaired) electrons. The van der Waals surface area contributed by atoms with E-state index in [1.54, 1.807) is 0 Å². The number of anilines is 1. The lowest BCUT2D eigenvalue weighted by Crippen LogP contribution is -2.23. The van der Waals surface area contributed by atoms with Crippen LogP contribution in [0.2, 0.25) is 0 Å². The Bertz CT molecular complexity index is 654. The number of carbonyl (C=O) groups excluding carboxylic acids is 1. The number of halogens is 3. The van der Waals surface area contributed by atoms with Crippen molar-refractivity contribution >= 4 is 46.6 Å². The highest BCUT2D eigenvalue weighted by molar-refractivity contribution is 6.67. The van der Waals surface area contributed by atoms with Gasteiger partial charge in [-0.15, -0.1) is 0 Å². The largest absolute Gasteiger partial charge is 0.445 e. The summed E-state index contributed by atoms with van der Waals surface area (Å²) in [7, 11) is 0. The number of fused-ring (bicyclic) bond motifs is 2. The molecule has 0 bridgehead atoms. The van der Waals surface area contributed by atoms with Crippen molar-refractivity contribution in [2.24, 2.45) is 0 Å². The molecule has 1 N–H and O–H groups in total. The van der Waals surface area contributed by atoms with Gasteiger partial charge in [0.2, 0.25) is 3.79 Å². The lowest BCUT2D eigenvalue weighted by Gasteiger charge is -2.21. The Morgan fingerprint density at radius 1 is 1.26 bits per heavy atom. The van der Waals surface area contributed by atoms with Gasteiger partial charge in [-0.2, -0.15) is 0 Å². The first kappa shape index (κ1) is 17.1. The van der Waals surface area contributed by atoms with Crippen LogP contribution in [0.15, 0.2) is 0 Å². The fourth-order valence-corrected chi connectivity index (χ4v) is 3.58. The van der Waals surface area contributed by atoms with E-state index in [0.717, 1.165) is 60.3 Å². The molecule has 0 saturated heterocycles. The number of pyridine rings is 1. The Morgan fingerprint density at radius 2 is 2.00 bits per heavy atom. The summed E-state index contributed by atoms with van der Waals surface area (Å²) in [5.41, 5.74) is 5.34. The Labute approximate surface area is 150 Å². The molecule has 1 aromatic rings. The van der Waals surface area contributed by atoms with Gasteiger partial charge in [-0.3, -0.25) is 10.3 Å². The van der Waals surface area contributed by atoms with Crippen molar-refractivity contribution in [2.75, 3.05) is 11.9 Å². The summed E-state index contributed by atoms with van der Waals surface area (Å²) < 4.78 is 3.41. The second-order valence-corrected chi connectivity index (χ2v) is 9.31. The number of hydrogen-bond acceptors (Lipinski definition) is 3. The highest BCUT2D eigenvalue weighted by Gasteiger charge is 2.36. The quantitative estimate of drug-likeness (QED) is 0.759. The monoisotopic (exact) mass is 376 g/mol.